The molecule has 68 valence electrons. The van der Waals surface area contributed by atoms with E-state index in [1.807, 2.05) is 13.8 Å². The molecule has 0 aromatic heterocycles. The third-order valence-electron chi connectivity index (χ3n) is 1.41. The van der Waals surface area contributed by atoms with Crippen LogP contribution in [0.2, 0.25) is 0 Å². The third-order valence-corrected chi connectivity index (χ3v) is 1.41. The van der Waals surface area contributed by atoms with Crippen LogP contribution in [0.3, 0.4) is 0 Å². The second-order valence-electron chi connectivity index (χ2n) is 2.70. The van der Waals surface area contributed by atoms with Gasteiger partial charge in [0, 0.05) is 6.42 Å². The summed E-state index contributed by atoms with van der Waals surface area (Å²) >= 11 is 0. The second-order valence-corrected chi connectivity index (χ2v) is 2.70. The summed E-state index contributed by atoms with van der Waals surface area (Å²) in [6, 6.07) is 0. The molecule has 0 spiro atoms. The predicted octanol–water partition coefficient (Wildman–Crippen LogP) is 1.24. The average molecular weight is 162 g/mol. The van der Waals surface area contributed by atoms with Crippen LogP contribution in [0.4, 0.5) is 0 Å². The minimum atomic E-state index is -1.90. The van der Waals surface area contributed by atoms with Gasteiger partial charge in [-0.3, -0.25) is 0 Å². The fourth-order valence-electron chi connectivity index (χ4n) is 0.778. The molecule has 0 heterocycles. The van der Waals surface area contributed by atoms with Gasteiger partial charge in [0.25, 0.3) is 5.97 Å². The number of unbranched alkanes of at least 4 members (excludes halogenated alkanes) is 1. The zero-order chi connectivity index (χ0) is 8.74. The van der Waals surface area contributed by atoms with E-state index < -0.39 is 5.97 Å². The van der Waals surface area contributed by atoms with Crippen LogP contribution in [0, 0.1) is 0 Å². The van der Waals surface area contributed by atoms with E-state index >= 15 is 0 Å². The van der Waals surface area contributed by atoms with Crippen LogP contribution in [0.25, 0.3) is 0 Å². The predicted molar refractivity (Wildman–Crippen MR) is 42.9 cm³/mol. The Morgan fingerprint density at radius 2 is 1.82 bits per heavy atom. The Kier molecular flexibility index (Phi) is 5.46. The lowest BCUT2D eigenvalue weighted by atomic mass is 10.3. The van der Waals surface area contributed by atoms with E-state index in [0.29, 0.717) is 13.0 Å². The quantitative estimate of drug-likeness (QED) is 0.456. The summed E-state index contributed by atoms with van der Waals surface area (Å²) in [5.41, 5.74) is 0. The first-order chi connectivity index (χ1) is 5.12. The smallest absolute Gasteiger partial charge is 0.277 e. The molecule has 0 rings (SSSR count). The fourth-order valence-corrected chi connectivity index (χ4v) is 0.778. The van der Waals surface area contributed by atoms with Gasteiger partial charge in [-0.15, -0.1) is 0 Å². The van der Waals surface area contributed by atoms with E-state index in [4.69, 9.17) is 14.9 Å². The summed E-state index contributed by atoms with van der Waals surface area (Å²) in [5.74, 6) is -1.90. The van der Waals surface area contributed by atoms with Crippen molar-refractivity contribution in [1.82, 2.24) is 0 Å². The summed E-state index contributed by atoms with van der Waals surface area (Å²) in [6.07, 6.45) is 2.85. The molecular weight excluding hydrogens is 144 g/mol. The normalized spacial score (nSPS) is 12.0. The van der Waals surface area contributed by atoms with Gasteiger partial charge in [0.2, 0.25) is 0 Å². The maximum atomic E-state index is 9.07. The van der Waals surface area contributed by atoms with Gasteiger partial charge < -0.3 is 14.9 Å². The van der Waals surface area contributed by atoms with Crippen molar-refractivity contribution in [2.75, 3.05) is 6.61 Å². The largest absolute Gasteiger partial charge is 0.343 e. The number of hydrogen-bond acceptors (Lipinski definition) is 3. The summed E-state index contributed by atoms with van der Waals surface area (Å²) in [7, 11) is 0. The second kappa shape index (κ2) is 5.52. The zero-order valence-electron chi connectivity index (χ0n) is 7.34. The van der Waals surface area contributed by atoms with Crippen molar-refractivity contribution in [1.29, 1.82) is 0 Å². The zero-order valence-corrected chi connectivity index (χ0v) is 7.34. The lowest BCUT2D eigenvalue weighted by Gasteiger charge is -2.20. The molecule has 11 heavy (non-hydrogen) atoms. The van der Waals surface area contributed by atoms with Gasteiger partial charge >= 0.3 is 0 Å². The van der Waals surface area contributed by atoms with Crippen molar-refractivity contribution >= 4 is 0 Å². The molecule has 0 aromatic rings. The van der Waals surface area contributed by atoms with Crippen LogP contribution in [0.1, 0.15) is 39.5 Å². The Hall–Kier alpha value is -0.120. The van der Waals surface area contributed by atoms with Gasteiger partial charge in [0.15, 0.2) is 0 Å². The van der Waals surface area contributed by atoms with Crippen molar-refractivity contribution in [3.8, 4) is 0 Å². The monoisotopic (exact) mass is 162 g/mol. The van der Waals surface area contributed by atoms with Crippen LogP contribution in [-0.2, 0) is 4.74 Å². The molecule has 0 amide bonds. The SMILES string of the molecule is CCCCOC(O)(O)CCC. The molecule has 2 N–H and O–H groups in total. The van der Waals surface area contributed by atoms with E-state index in [1.54, 1.807) is 0 Å². The highest BCUT2D eigenvalue weighted by atomic mass is 16.8. The lowest BCUT2D eigenvalue weighted by Crippen LogP contribution is -2.31. The van der Waals surface area contributed by atoms with Crippen LogP contribution in [0.5, 0.6) is 0 Å². The van der Waals surface area contributed by atoms with Gasteiger partial charge in [0.1, 0.15) is 0 Å². The summed E-state index contributed by atoms with van der Waals surface area (Å²) in [5, 5.41) is 18.1. The van der Waals surface area contributed by atoms with Crippen molar-refractivity contribution < 1.29 is 14.9 Å². The number of hydrogen-bond donors (Lipinski definition) is 2. The molecule has 0 aliphatic rings. The maximum absolute atomic E-state index is 9.07. The van der Waals surface area contributed by atoms with Gasteiger partial charge in [-0.05, 0) is 12.8 Å². The van der Waals surface area contributed by atoms with Crippen LogP contribution >= 0.6 is 0 Å². The highest BCUT2D eigenvalue weighted by Gasteiger charge is 2.21. The molecule has 0 aromatic carbocycles. The third kappa shape index (κ3) is 6.28. The fraction of sp³-hybridized carbons (Fsp3) is 1.00. The van der Waals surface area contributed by atoms with E-state index in [-0.39, 0.29) is 6.42 Å². The van der Waals surface area contributed by atoms with Crippen molar-refractivity contribution in [2.24, 2.45) is 0 Å². The molecule has 0 unspecified atom stereocenters. The minimum absolute atomic E-state index is 0.275. The van der Waals surface area contributed by atoms with Gasteiger partial charge in [-0.1, -0.05) is 20.3 Å². The number of aliphatic hydroxyl groups is 2. The van der Waals surface area contributed by atoms with Crippen molar-refractivity contribution in [3.63, 3.8) is 0 Å². The molecule has 0 radical (unpaired) electrons. The number of ether oxygens (including phenoxy) is 1. The van der Waals surface area contributed by atoms with Gasteiger partial charge in [0.05, 0.1) is 6.61 Å². The molecule has 0 aliphatic carbocycles. The highest BCUT2D eigenvalue weighted by molar-refractivity contribution is 4.48. The Bertz CT molecular complexity index is 91.3. The lowest BCUT2D eigenvalue weighted by molar-refractivity contribution is -0.340. The summed E-state index contributed by atoms with van der Waals surface area (Å²) in [4.78, 5) is 0. The highest BCUT2D eigenvalue weighted by Crippen LogP contribution is 2.10. The molecule has 0 fully saturated rings. The Balaban J connectivity index is 3.38. The Labute approximate surface area is 68.0 Å². The summed E-state index contributed by atoms with van der Waals surface area (Å²) in [6.45, 7) is 4.33. The van der Waals surface area contributed by atoms with E-state index in [2.05, 4.69) is 0 Å². The van der Waals surface area contributed by atoms with Crippen LogP contribution in [0.15, 0.2) is 0 Å². The molecule has 3 nitrogen and oxygen atoms in total. The van der Waals surface area contributed by atoms with Gasteiger partial charge in [-0.2, -0.15) is 0 Å². The van der Waals surface area contributed by atoms with E-state index in [9.17, 15) is 0 Å². The van der Waals surface area contributed by atoms with Crippen LogP contribution < -0.4 is 0 Å². The first kappa shape index (κ1) is 10.9. The van der Waals surface area contributed by atoms with E-state index in [1.165, 1.54) is 0 Å². The van der Waals surface area contributed by atoms with Crippen molar-refractivity contribution in [3.05, 3.63) is 0 Å². The molecule has 0 saturated heterocycles. The molecule has 0 aliphatic heterocycles. The standard InChI is InChI=1S/C8H18O3/c1-3-5-7-11-8(9,10)6-4-2/h9-10H,3-7H2,1-2H3. The van der Waals surface area contributed by atoms with Gasteiger partial charge in [-0.25, -0.2) is 0 Å². The molecule has 0 bridgehead atoms. The Morgan fingerprint density at radius 3 is 2.27 bits per heavy atom. The van der Waals surface area contributed by atoms with E-state index in [0.717, 1.165) is 12.8 Å². The first-order valence-corrected chi connectivity index (χ1v) is 4.21. The molecule has 0 saturated carbocycles. The topological polar surface area (TPSA) is 49.7 Å². The molecular formula is C8H18O3. The molecule has 3 heteroatoms. The van der Waals surface area contributed by atoms with Crippen LogP contribution in [-0.4, -0.2) is 22.8 Å². The minimum Gasteiger partial charge on any atom is -0.343 e. The molecule has 0 atom stereocenters. The Morgan fingerprint density at radius 1 is 1.18 bits per heavy atom. The maximum Gasteiger partial charge on any atom is 0.277 e. The number of rotatable bonds is 6. The summed E-state index contributed by atoms with van der Waals surface area (Å²) < 4.78 is 4.82. The first-order valence-electron chi connectivity index (χ1n) is 4.21. The van der Waals surface area contributed by atoms with Crippen molar-refractivity contribution in [2.45, 2.75) is 45.5 Å². The average Bonchev–Trinajstić information content (AvgIpc) is 1.87.